The molecule has 3 rings (SSSR count). The van der Waals surface area contributed by atoms with Crippen molar-refractivity contribution in [2.75, 3.05) is 38.1 Å². The van der Waals surface area contributed by atoms with Crippen molar-refractivity contribution in [1.29, 1.82) is 0 Å². The smallest absolute Gasteiger partial charge is 0.251 e. The number of aromatic amines is 1. The third-order valence-corrected chi connectivity index (χ3v) is 4.35. The monoisotopic (exact) mass is 328 g/mol. The van der Waals surface area contributed by atoms with E-state index in [0.29, 0.717) is 11.4 Å². The molecule has 2 aromatic rings. The first-order valence-corrected chi connectivity index (χ1v) is 8.26. The maximum atomic E-state index is 12.4. The number of rotatable bonds is 4. The third-order valence-electron chi connectivity index (χ3n) is 4.35. The van der Waals surface area contributed by atoms with Crippen LogP contribution in [0.2, 0.25) is 0 Å². The molecule has 1 aromatic carbocycles. The minimum Gasteiger partial charge on any atom is -0.369 e. The largest absolute Gasteiger partial charge is 0.369 e. The summed E-state index contributed by atoms with van der Waals surface area (Å²) >= 11 is 0. The van der Waals surface area contributed by atoms with Gasteiger partial charge in [0.05, 0.1) is 6.04 Å². The molecule has 7 nitrogen and oxygen atoms in total. The van der Waals surface area contributed by atoms with Gasteiger partial charge in [0, 0.05) is 37.4 Å². The first kappa shape index (κ1) is 16.4. The molecule has 128 valence electrons. The fourth-order valence-corrected chi connectivity index (χ4v) is 2.79. The summed E-state index contributed by atoms with van der Waals surface area (Å²) in [4.78, 5) is 21.3. The Labute approximate surface area is 142 Å². The summed E-state index contributed by atoms with van der Waals surface area (Å²) in [6.07, 6.45) is 0. The van der Waals surface area contributed by atoms with E-state index >= 15 is 0 Å². The fraction of sp³-hybridized carbons (Fsp3) is 0.471. The highest BCUT2D eigenvalue weighted by atomic mass is 16.1. The predicted molar refractivity (Wildman–Crippen MR) is 93.2 cm³/mol. The van der Waals surface area contributed by atoms with Gasteiger partial charge >= 0.3 is 0 Å². The van der Waals surface area contributed by atoms with E-state index in [9.17, 15) is 4.79 Å². The van der Waals surface area contributed by atoms with E-state index in [2.05, 4.69) is 37.3 Å². The molecule has 0 spiro atoms. The lowest BCUT2D eigenvalue weighted by atomic mass is 10.1. The standard InChI is InChI=1S/C17H24N6O/c1-12(16-19-13(2)20-21-16)18-17(24)14-4-6-15(7-5-14)23-10-8-22(3)9-11-23/h4-7,12H,8-11H2,1-3H3,(H,18,24)(H,19,20,21)/t12-/m1/s1. The Morgan fingerprint density at radius 3 is 2.46 bits per heavy atom. The van der Waals surface area contributed by atoms with Crippen LogP contribution in [0.4, 0.5) is 5.69 Å². The second-order valence-corrected chi connectivity index (χ2v) is 6.31. The van der Waals surface area contributed by atoms with Crippen molar-refractivity contribution < 1.29 is 4.79 Å². The number of aromatic nitrogens is 3. The molecule has 1 fully saturated rings. The number of piperazine rings is 1. The highest BCUT2D eigenvalue weighted by Crippen LogP contribution is 2.17. The van der Waals surface area contributed by atoms with Gasteiger partial charge in [-0.25, -0.2) is 4.98 Å². The molecule has 1 saturated heterocycles. The topological polar surface area (TPSA) is 77.2 Å². The number of benzene rings is 1. The van der Waals surface area contributed by atoms with Crippen molar-refractivity contribution in [2.45, 2.75) is 19.9 Å². The van der Waals surface area contributed by atoms with Crippen LogP contribution in [-0.2, 0) is 0 Å². The molecule has 0 aliphatic carbocycles. The molecule has 0 unspecified atom stereocenters. The van der Waals surface area contributed by atoms with E-state index in [0.717, 1.165) is 37.7 Å². The van der Waals surface area contributed by atoms with E-state index in [1.54, 1.807) is 0 Å². The number of aryl methyl sites for hydroxylation is 1. The molecule has 1 aliphatic heterocycles. The second kappa shape index (κ2) is 7.00. The van der Waals surface area contributed by atoms with Crippen LogP contribution in [0, 0.1) is 6.92 Å². The quantitative estimate of drug-likeness (QED) is 0.886. The van der Waals surface area contributed by atoms with Crippen LogP contribution in [0.5, 0.6) is 0 Å². The summed E-state index contributed by atoms with van der Waals surface area (Å²) in [5, 5.41) is 9.80. The summed E-state index contributed by atoms with van der Waals surface area (Å²) in [5.74, 6) is 1.22. The number of carbonyl (C=O) groups excluding carboxylic acids is 1. The van der Waals surface area contributed by atoms with Crippen molar-refractivity contribution in [1.82, 2.24) is 25.4 Å². The van der Waals surface area contributed by atoms with Crippen molar-refractivity contribution in [2.24, 2.45) is 0 Å². The van der Waals surface area contributed by atoms with Crippen molar-refractivity contribution in [3.05, 3.63) is 41.5 Å². The first-order chi connectivity index (χ1) is 11.5. The lowest BCUT2D eigenvalue weighted by Gasteiger charge is -2.34. The SMILES string of the molecule is Cc1nc([C@@H](C)NC(=O)c2ccc(N3CCN(C)CC3)cc2)n[nH]1. The van der Waals surface area contributed by atoms with E-state index in [1.165, 1.54) is 0 Å². The van der Waals surface area contributed by atoms with Gasteiger partial charge in [0.1, 0.15) is 5.82 Å². The summed E-state index contributed by atoms with van der Waals surface area (Å²) < 4.78 is 0. The Balaban J connectivity index is 1.61. The van der Waals surface area contributed by atoms with Crippen molar-refractivity contribution in [3.8, 4) is 0 Å². The van der Waals surface area contributed by atoms with Gasteiger partial charge in [0.15, 0.2) is 5.82 Å². The molecule has 1 aliphatic rings. The van der Waals surface area contributed by atoms with Crippen LogP contribution in [0.3, 0.4) is 0 Å². The molecule has 1 amide bonds. The van der Waals surface area contributed by atoms with Gasteiger partial charge in [-0.2, -0.15) is 5.10 Å². The molecule has 2 N–H and O–H groups in total. The van der Waals surface area contributed by atoms with E-state index in [4.69, 9.17) is 0 Å². The van der Waals surface area contributed by atoms with Crippen LogP contribution >= 0.6 is 0 Å². The molecular formula is C17H24N6O. The number of nitrogens with one attached hydrogen (secondary N) is 2. The van der Waals surface area contributed by atoms with Crippen LogP contribution in [-0.4, -0.2) is 59.2 Å². The number of carbonyl (C=O) groups is 1. The van der Waals surface area contributed by atoms with Gasteiger partial charge in [-0.05, 0) is 45.2 Å². The van der Waals surface area contributed by atoms with Crippen LogP contribution < -0.4 is 10.2 Å². The van der Waals surface area contributed by atoms with Gasteiger partial charge < -0.3 is 15.1 Å². The van der Waals surface area contributed by atoms with E-state index in [1.807, 2.05) is 38.1 Å². The normalized spacial score (nSPS) is 16.9. The maximum absolute atomic E-state index is 12.4. The molecule has 0 bridgehead atoms. The maximum Gasteiger partial charge on any atom is 0.251 e. The van der Waals surface area contributed by atoms with E-state index < -0.39 is 0 Å². The highest BCUT2D eigenvalue weighted by Gasteiger charge is 2.17. The molecule has 0 radical (unpaired) electrons. The minimum atomic E-state index is -0.236. The molecule has 24 heavy (non-hydrogen) atoms. The Kier molecular flexibility index (Phi) is 4.80. The van der Waals surface area contributed by atoms with Gasteiger partial charge in [0.2, 0.25) is 0 Å². The zero-order valence-electron chi connectivity index (χ0n) is 14.4. The average Bonchev–Trinajstić information content (AvgIpc) is 3.02. The number of hydrogen-bond acceptors (Lipinski definition) is 5. The zero-order chi connectivity index (χ0) is 17.1. The summed E-state index contributed by atoms with van der Waals surface area (Å²) in [6.45, 7) is 7.87. The van der Waals surface area contributed by atoms with Gasteiger partial charge in [-0.1, -0.05) is 0 Å². The van der Waals surface area contributed by atoms with Crippen molar-refractivity contribution >= 4 is 11.6 Å². The summed E-state index contributed by atoms with van der Waals surface area (Å²) in [6, 6.07) is 7.54. The molecule has 1 atom stereocenters. The second-order valence-electron chi connectivity index (χ2n) is 6.31. The van der Waals surface area contributed by atoms with Gasteiger partial charge in [-0.15, -0.1) is 0 Å². The lowest BCUT2D eigenvalue weighted by Crippen LogP contribution is -2.44. The van der Waals surface area contributed by atoms with Crippen LogP contribution in [0.15, 0.2) is 24.3 Å². The number of anilines is 1. The number of likely N-dealkylation sites (N-methyl/N-ethyl adjacent to an activating group) is 1. The minimum absolute atomic E-state index is 0.116. The number of hydrogen-bond donors (Lipinski definition) is 2. The van der Waals surface area contributed by atoms with Crippen LogP contribution in [0.25, 0.3) is 0 Å². The first-order valence-electron chi connectivity index (χ1n) is 8.26. The Bertz CT molecular complexity index is 687. The fourth-order valence-electron chi connectivity index (χ4n) is 2.79. The number of H-pyrrole nitrogens is 1. The Morgan fingerprint density at radius 1 is 1.21 bits per heavy atom. The highest BCUT2D eigenvalue weighted by molar-refractivity contribution is 5.94. The van der Waals surface area contributed by atoms with Gasteiger partial charge in [0.25, 0.3) is 5.91 Å². The summed E-state index contributed by atoms with van der Waals surface area (Å²) in [7, 11) is 2.14. The Hall–Kier alpha value is -2.41. The summed E-state index contributed by atoms with van der Waals surface area (Å²) in [5.41, 5.74) is 1.81. The average molecular weight is 328 g/mol. The molecular weight excluding hydrogens is 304 g/mol. The Morgan fingerprint density at radius 2 is 1.88 bits per heavy atom. The molecule has 1 aromatic heterocycles. The predicted octanol–water partition coefficient (Wildman–Crippen LogP) is 1.36. The molecule has 2 heterocycles. The van der Waals surface area contributed by atoms with Crippen molar-refractivity contribution in [3.63, 3.8) is 0 Å². The molecule has 0 saturated carbocycles. The third kappa shape index (κ3) is 3.73. The molecule has 7 heteroatoms. The zero-order valence-corrected chi connectivity index (χ0v) is 14.4. The van der Waals surface area contributed by atoms with Gasteiger partial charge in [-0.3, -0.25) is 9.89 Å². The van der Waals surface area contributed by atoms with Crippen LogP contribution in [0.1, 0.15) is 35.0 Å². The number of amides is 1. The van der Waals surface area contributed by atoms with E-state index in [-0.39, 0.29) is 11.9 Å². The number of nitrogens with zero attached hydrogens (tertiary/aromatic N) is 4. The lowest BCUT2D eigenvalue weighted by molar-refractivity contribution is 0.0938.